The Kier molecular flexibility index (Phi) is 5.46. The lowest BCUT2D eigenvalue weighted by Gasteiger charge is -2.46. The summed E-state index contributed by atoms with van der Waals surface area (Å²) >= 11 is 0. The first-order valence-corrected chi connectivity index (χ1v) is 12.4. The summed E-state index contributed by atoms with van der Waals surface area (Å²) in [5, 5.41) is 0. The second-order valence-corrected chi connectivity index (χ2v) is 11.1. The van der Waals surface area contributed by atoms with Crippen molar-refractivity contribution in [3.8, 4) is 0 Å². The van der Waals surface area contributed by atoms with Crippen LogP contribution in [0.5, 0.6) is 0 Å². The van der Waals surface area contributed by atoms with Crippen LogP contribution in [0, 0.1) is 10.8 Å². The Morgan fingerprint density at radius 2 is 1.86 bits per heavy atom. The lowest BCUT2D eigenvalue weighted by atomic mass is 9.60. The first-order chi connectivity index (χ1) is 13.9. The zero-order valence-electron chi connectivity index (χ0n) is 17.5. The van der Waals surface area contributed by atoms with E-state index in [4.69, 9.17) is 0 Å². The van der Waals surface area contributed by atoms with Gasteiger partial charge in [-0.15, -0.1) is 0 Å². The average molecular weight is 421 g/mol. The summed E-state index contributed by atoms with van der Waals surface area (Å²) in [4.78, 5) is 22.1. The molecule has 4 rings (SSSR count). The molecule has 3 fully saturated rings. The first-order valence-electron chi connectivity index (χ1n) is 10.7. The van der Waals surface area contributed by atoms with Gasteiger partial charge in [-0.25, -0.2) is 12.7 Å². The van der Waals surface area contributed by atoms with Crippen LogP contribution in [-0.2, 0) is 21.4 Å². The average Bonchev–Trinajstić information content (AvgIpc) is 3.21. The standard InChI is InChI=1S/C21H32N4O3S/c1-3-24-11-9-21(19(24)26)17-23(15-18-6-5-10-22-14-18)16-20(21)7-12-25(13-8-20)29(27,28)4-2/h5-6,10,14H,3-4,7-9,11-13,15-17H2,1-2H3/t21-/m1/s1. The van der Waals surface area contributed by atoms with Crippen molar-refractivity contribution in [1.29, 1.82) is 0 Å². The molecule has 1 atom stereocenters. The van der Waals surface area contributed by atoms with Crippen molar-refractivity contribution in [2.24, 2.45) is 10.8 Å². The predicted octanol–water partition coefficient (Wildman–Crippen LogP) is 1.57. The monoisotopic (exact) mass is 420 g/mol. The van der Waals surface area contributed by atoms with Gasteiger partial charge in [0.25, 0.3) is 0 Å². The Bertz CT molecular complexity index is 852. The van der Waals surface area contributed by atoms with E-state index in [2.05, 4.69) is 16.0 Å². The lowest BCUT2D eigenvalue weighted by Crippen LogP contribution is -2.53. The first kappa shape index (κ1) is 20.8. The van der Waals surface area contributed by atoms with Crippen molar-refractivity contribution in [3.05, 3.63) is 30.1 Å². The number of piperidine rings is 1. The van der Waals surface area contributed by atoms with Crippen LogP contribution >= 0.6 is 0 Å². The van der Waals surface area contributed by atoms with Crippen molar-refractivity contribution >= 4 is 15.9 Å². The van der Waals surface area contributed by atoms with Crippen molar-refractivity contribution < 1.29 is 13.2 Å². The quantitative estimate of drug-likeness (QED) is 0.723. The van der Waals surface area contributed by atoms with Gasteiger partial charge in [0.1, 0.15) is 0 Å². The third-order valence-corrected chi connectivity index (χ3v) is 9.37. The Morgan fingerprint density at radius 3 is 2.45 bits per heavy atom. The molecular formula is C21H32N4O3S. The number of likely N-dealkylation sites (tertiary alicyclic amines) is 2. The molecule has 7 nitrogen and oxygen atoms in total. The van der Waals surface area contributed by atoms with Gasteiger partial charge in [-0.1, -0.05) is 6.07 Å². The number of amides is 1. The van der Waals surface area contributed by atoms with Crippen LogP contribution in [0.3, 0.4) is 0 Å². The summed E-state index contributed by atoms with van der Waals surface area (Å²) in [5.74, 6) is 0.418. The fourth-order valence-corrected chi connectivity index (χ4v) is 6.94. The Labute approximate surface area is 174 Å². The van der Waals surface area contributed by atoms with Crippen LogP contribution < -0.4 is 0 Å². The topological polar surface area (TPSA) is 73.8 Å². The van der Waals surface area contributed by atoms with E-state index in [1.807, 2.05) is 24.1 Å². The normalized spacial score (nSPS) is 28.1. The number of hydrogen-bond acceptors (Lipinski definition) is 5. The molecule has 1 aromatic rings. The molecule has 3 aliphatic rings. The largest absolute Gasteiger partial charge is 0.342 e. The van der Waals surface area contributed by atoms with Gasteiger partial charge in [-0.05, 0) is 44.7 Å². The van der Waals surface area contributed by atoms with Crippen molar-refractivity contribution in [2.45, 2.75) is 39.7 Å². The summed E-state index contributed by atoms with van der Waals surface area (Å²) < 4.78 is 26.4. The van der Waals surface area contributed by atoms with E-state index in [0.29, 0.717) is 13.1 Å². The highest BCUT2D eigenvalue weighted by Gasteiger charge is 2.65. The molecule has 0 radical (unpaired) electrons. The number of nitrogens with zero attached hydrogens (tertiary/aromatic N) is 4. The summed E-state index contributed by atoms with van der Waals surface area (Å²) in [6.07, 6.45) is 6.07. The predicted molar refractivity (Wildman–Crippen MR) is 112 cm³/mol. The molecule has 0 aromatic carbocycles. The second-order valence-electron chi connectivity index (χ2n) is 8.80. The van der Waals surface area contributed by atoms with E-state index in [0.717, 1.165) is 57.5 Å². The fourth-order valence-electron chi connectivity index (χ4n) is 5.84. The number of pyridine rings is 1. The van der Waals surface area contributed by atoms with Gasteiger partial charge >= 0.3 is 0 Å². The van der Waals surface area contributed by atoms with Crippen molar-refractivity contribution in [2.75, 3.05) is 45.0 Å². The molecule has 160 valence electrons. The SMILES string of the molecule is CCN1CC[C@@]2(CN(Cc3cccnc3)CC23CCN(S(=O)(=O)CC)CC3)C1=O. The minimum atomic E-state index is -3.18. The minimum absolute atomic E-state index is 0.140. The summed E-state index contributed by atoms with van der Waals surface area (Å²) in [6.45, 7) is 8.76. The Morgan fingerprint density at radius 1 is 1.10 bits per heavy atom. The third kappa shape index (κ3) is 3.39. The maximum atomic E-state index is 13.5. The Hall–Kier alpha value is -1.51. The summed E-state index contributed by atoms with van der Waals surface area (Å²) in [6, 6.07) is 4.03. The second kappa shape index (κ2) is 7.63. The minimum Gasteiger partial charge on any atom is -0.342 e. The molecule has 1 aromatic heterocycles. The molecule has 3 saturated heterocycles. The van der Waals surface area contributed by atoms with E-state index in [1.165, 1.54) is 0 Å². The molecule has 0 N–H and O–H groups in total. The molecule has 2 spiro atoms. The molecular weight excluding hydrogens is 388 g/mol. The smallest absolute Gasteiger partial charge is 0.230 e. The molecule has 1 amide bonds. The van der Waals surface area contributed by atoms with E-state index < -0.39 is 10.0 Å². The Balaban J connectivity index is 1.61. The van der Waals surface area contributed by atoms with E-state index >= 15 is 0 Å². The van der Waals surface area contributed by atoms with Gasteiger partial charge in [0.2, 0.25) is 15.9 Å². The van der Waals surface area contributed by atoms with E-state index in [9.17, 15) is 13.2 Å². The number of carbonyl (C=O) groups excluding carboxylic acids is 1. The molecule has 0 unspecified atom stereocenters. The molecule has 0 saturated carbocycles. The molecule has 8 heteroatoms. The zero-order chi connectivity index (χ0) is 20.7. The molecule has 0 aliphatic carbocycles. The van der Waals surface area contributed by atoms with Crippen molar-refractivity contribution in [3.63, 3.8) is 0 Å². The summed E-state index contributed by atoms with van der Waals surface area (Å²) in [7, 11) is -3.18. The van der Waals surface area contributed by atoms with Gasteiger partial charge < -0.3 is 4.90 Å². The lowest BCUT2D eigenvalue weighted by molar-refractivity contribution is -0.141. The maximum absolute atomic E-state index is 13.5. The van der Waals surface area contributed by atoms with Gasteiger partial charge in [-0.3, -0.25) is 14.7 Å². The number of carbonyl (C=O) groups is 1. The summed E-state index contributed by atoms with van der Waals surface area (Å²) in [5.41, 5.74) is 0.631. The number of sulfonamides is 1. The molecule has 29 heavy (non-hydrogen) atoms. The van der Waals surface area contributed by atoms with Gasteiger partial charge in [0, 0.05) is 63.6 Å². The van der Waals surface area contributed by atoms with Crippen LogP contribution in [-0.4, -0.2) is 78.4 Å². The van der Waals surface area contributed by atoms with Crippen LogP contribution in [0.4, 0.5) is 0 Å². The fraction of sp³-hybridized carbons (Fsp3) is 0.714. The van der Waals surface area contributed by atoms with Gasteiger partial charge in [-0.2, -0.15) is 0 Å². The number of rotatable bonds is 5. The highest BCUT2D eigenvalue weighted by Crippen LogP contribution is 2.58. The number of fused-ring (bicyclic) bond motifs is 1. The van der Waals surface area contributed by atoms with Crippen LogP contribution in [0.1, 0.15) is 38.7 Å². The highest BCUT2D eigenvalue weighted by molar-refractivity contribution is 7.89. The van der Waals surface area contributed by atoms with Crippen molar-refractivity contribution in [1.82, 2.24) is 19.1 Å². The van der Waals surface area contributed by atoms with Gasteiger partial charge in [0.15, 0.2) is 0 Å². The van der Waals surface area contributed by atoms with Crippen LogP contribution in [0.25, 0.3) is 0 Å². The molecule has 4 heterocycles. The maximum Gasteiger partial charge on any atom is 0.230 e. The highest BCUT2D eigenvalue weighted by atomic mass is 32.2. The third-order valence-electron chi connectivity index (χ3n) is 7.49. The van der Waals surface area contributed by atoms with E-state index in [1.54, 1.807) is 17.4 Å². The van der Waals surface area contributed by atoms with Crippen LogP contribution in [0.15, 0.2) is 24.5 Å². The number of aromatic nitrogens is 1. The molecule has 3 aliphatic heterocycles. The van der Waals surface area contributed by atoms with Crippen LogP contribution in [0.2, 0.25) is 0 Å². The van der Waals surface area contributed by atoms with Gasteiger partial charge in [0.05, 0.1) is 11.2 Å². The number of hydrogen-bond donors (Lipinski definition) is 0. The molecule has 0 bridgehead atoms. The van der Waals surface area contributed by atoms with E-state index in [-0.39, 0.29) is 22.5 Å². The zero-order valence-corrected chi connectivity index (χ0v) is 18.3.